The van der Waals surface area contributed by atoms with Crippen LogP contribution in [-0.2, 0) is 10.2 Å². The topological polar surface area (TPSA) is 35.2 Å². The molecule has 2 nitrogen and oxygen atoms in total. The van der Waals surface area contributed by atoms with E-state index < -0.39 is 0 Å². The van der Waals surface area contributed by atoms with Crippen molar-refractivity contribution in [2.24, 2.45) is 11.7 Å². The van der Waals surface area contributed by atoms with Crippen molar-refractivity contribution in [2.45, 2.75) is 57.4 Å². The van der Waals surface area contributed by atoms with Crippen molar-refractivity contribution in [1.29, 1.82) is 0 Å². The van der Waals surface area contributed by atoms with Gasteiger partial charge < -0.3 is 10.5 Å². The molecule has 1 aromatic rings. The average Bonchev–Trinajstić information content (AvgIpc) is 2.51. The number of nitrogens with two attached hydrogens (primary N) is 1. The third kappa shape index (κ3) is 3.24. The summed E-state index contributed by atoms with van der Waals surface area (Å²) in [6, 6.07) is 11.1. The molecule has 1 fully saturated rings. The van der Waals surface area contributed by atoms with Crippen LogP contribution in [-0.4, -0.2) is 19.3 Å². The van der Waals surface area contributed by atoms with Gasteiger partial charge in [0.05, 0.1) is 0 Å². The van der Waals surface area contributed by atoms with Gasteiger partial charge >= 0.3 is 0 Å². The fourth-order valence-corrected chi connectivity index (χ4v) is 3.73. The summed E-state index contributed by atoms with van der Waals surface area (Å²) in [5.74, 6) is 0.736. The predicted molar refractivity (Wildman–Crippen MR) is 84.8 cm³/mol. The molecule has 1 heterocycles. The van der Waals surface area contributed by atoms with Crippen molar-refractivity contribution in [2.75, 3.05) is 13.2 Å². The Bertz CT molecular complexity index is 380. The standard InChI is InChI=1S/C18H29NO/c1-3-18(4-2,16-8-6-5-7-9-16)17(19)14-15-10-12-20-13-11-15/h5-9,15,17H,3-4,10-14,19H2,1-2H3. The van der Waals surface area contributed by atoms with Gasteiger partial charge in [0.15, 0.2) is 0 Å². The Kier molecular flexibility index (Phi) is 5.62. The molecule has 0 radical (unpaired) electrons. The number of hydrogen-bond donors (Lipinski definition) is 1. The number of ether oxygens (including phenoxy) is 1. The molecule has 1 aliphatic heterocycles. The van der Waals surface area contributed by atoms with Gasteiger partial charge in [-0.2, -0.15) is 0 Å². The molecule has 112 valence electrons. The lowest BCUT2D eigenvalue weighted by molar-refractivity contribution is 0.0580. The van der Waals surface area contributed by atoms with E-state index in [-0.39, 0.29) is 11.5 Å². The summed E-state index contributed by atoms with van der Waals surface area (Å²) in [4.78, 5) is 0. The second kappa shape index (κ2) is 7.24. The highest BCUT2D eigenvalue weighted by Crippen LogP contribution is 2.37. The zero-order chi connectivity index (χ0) is 14.4. The van der Waals surface area contributed by atoms with E-state index in [1.807, 2.05) is 0 Å². The number of benzene rings is 1. The van der Waals surface area contributed by atoms with Crippen LogP contribution >= 0.6 is 0 Å². The van der Waals surface area contributed by atoms with Gasteiger partial charge in [-0.25, -0.2) is 0 Å². The van der Waals surface area contributed by atoms with Crippen LogP contribution < -0.4 is 5.73 Å². The van der Waals surface area contributed by atoms with Crippen LogP contribution in [0.1, 0.15) is 51.5 Å². The molecule has 1 aromatic carbocycles. The van der Waals surface area contributed by atoms with E-state index in [0.29, 0.717) is 0 Å². The molecule has 0 bridgehead atoms. The first kappa shape index (κ1) is 15.5. The summed E-state index contributed by atoms with van der Waals surface area (Å²) in [6.07, 6.45) is 5.69. The summed E-state index contributed by atoms with van der Waals surface area (Å²) in [7, 11) is 0. The lowest BCUT2D eigenvalue weighted by Gasteiger charge is -2.40. The molecule has 1 unspecified atom stereocenters. The first-order chi connectivity index (χ1) is 9.73. The Morgan fingerprint density at radius 1 is 1.15 bits per heavy atom. The van der Waals surface area contributed by atoms with Crippen molar-refractivity contribution in [1.82, 2.24) is 0 Å². The summed E-state index contributed by atoms with van der Waals surface area (Å²) in [5, 5.41) is 0. The quantitative estimate of drug-likeness (QED) is 0.855. The monoisotopic (exact) mass is 275 g/mol. The maximum absolute atomic E-state index is 6.70. The summed E-state index contributed by atoms with van der Waals surface area (Å²) in [5.41, 5.74) is 8.23. The Hall–Kier alpha value is -0.860. The molecule has 0 aromatic heterocycles. The molecular formula is C18H29NO. The van der Waals surface area contributed by atoms with Gasteiger partial charge in [0.1, 0.15) is 0 Å². The SMILES string of the molecule is CCC(CC)(c1ccccc1)C(N)CC1CCOCC1. The molecule has 20 heavy (non-hydrogen) atoms. The van der Waals surface area contributed by atoms with Gasteiger partial charge in [-0.05, 0) is 43.6 Å². The molecular weight excluding hydrogens is 246 g/mol. The van der Waals surface area contributed by atoms with E-state index in [1.165, 1.54) is 18.4 Å². The third-order valence-corrected chi connectivity index (χ3v) is 5.25. The van der Waals surface area contributed by atoms with E-state index in [2.05, 4.69) is 44.2 Å². The van der Waals surface area contributed by atoms with Crippen molar-refractivity contribution in [3.05, 3.63) is 35.9 Å². The van der Waals surface area contributed by atoms with E-state index in [0.717, 1.165) is 38.4 Å². The van der Waals surface area contributed by atoms with Crippen molar-refractivity contribution in [3.8, 4) is 0 Å². The summed E-state index contributed by atoms with van der Waals surface area (Å²) < 4.78 is 5.46. The summed E-state index contributed by atoms with van der Waals surface area (Å²) in [6.45, 7) is 6.38. The van der Waals surface area contributed by atoms with Crippen LogP contribution in [0.4, 0.5) is 0 Å². The predicted octanol–water partition coefficient (Wildman–Crippen LogP) is 3.89. The first-order valence-electron chi connectivity index (χ1n) is 8.11. The second-order valence-electron chi connectivity index (χ2n) is 6.13. The van der Waals surface area contributed by atoms with Gasteiger partial charge in [0.2, 0.25) is 0 Å². The Morgan fingerprint density at radius 2 is 1.75 bits per heavy atom. The van der Waals surface area contributed by atoms with Gasteiger partial charge in [-0.1, -0.05) is 44.2 Å². The van der Waals surface area contributed by atoms with Gasteiger partial charge in [-0.15, -0.1) is 0 Å². The van der Waals surface area contributed by atoms with Crippen LogP contribution in [0.15, 0.2) is 30.3 Å². The molecule has 2 heteroatoms. The number of hydrogen-bond acceptors (Lipinski definition) is 2. The lowest BCUT2D eigenvalue weighted by atomic mass is 9.68. The summed E-state index contributed by atoms with van der Waals surface area (Å²) >= 11 is 0. The molecule has 2 N–H and O–H groups in total. The number of rotatable bonds is 6. The largest absolute Gasteiger partial charge is 0.381 e. The Morgan fingerprint density at radius 3 is 2.30 bits per heavy atom. The highest BCUT2D eigenvalue weighted by atomic mass is 16.5. The van der Waals surface area contributed by atoms with Crippen LogP contribution in [0.3, 0.4) is 0 Å². The van der Waals surface area contributed by atoms with Crippen molar-refractivity contribution < 1.29 is 4.74 Å². The Balaban J connectivity index is 2.14. The van der Waals surface area contributed by atoms with E-state index >= 15 is 0 Å². The van der Waals surface area contributed by atoms with E-state index in [4.69, 9.17) is 10.5 Å². The minimum absolute atomic E-state index is 0.125. The lowest BCUT2D eigenvalue weighted by Crippen LogP contribution is -2.46. The molecule has 0 spiro atoms. The average molecular weight is 275 g/mol. The first-order valence-corrected chi connectivity index (χ1v) is 8.11. The zero-order valence-corrected chi connectivity index (χ0v) is 13.0. The van der Waals surface area contributed by atoms with Crippen LogP contribution in [0.5, 0.6) is 0 Å². The second-order valence-corrected chi connectivity index (χ2v) is 6.13. The molecule has 0 amide bonds. The van der Waals surface area contributed by atoms with Crippen molar-refractivity contribution >= 4 is 0 Å². The molecule has 0 saturated carbocycles. The fourth-order valence-electron chi connectivity index (χ4n) is 3.73. The molecule has 0 aliphatic carbocycles. The maximum atomic E-state index is 6.70. The Labute approximate surface area is 123 Å². The zero-order valence-electron chi connectivity index (χ0n) is 13.0. The third-order valence-electron chi connectivity index (χ3n) is 5.25. The fraction of sp³-hybridized carbons (Fsp3) is 0.667. The molecule has 2 rings (SSSR count). The normalized spacial score (nSPS) is 18.9. The smallest absolute Gasteiger partial charge is 0.0468 e. The van der Waals surface area contributed by atoms with Crippen molar-refractivity contribution in [3.63, 3.8) is 0 Å². The van der Waals surface area contributed by atoms with Gasteiger partial charge in [0, 0.05) is 24.7 Å². The van der Waals surface area contributed by atoms with Gasteiger partial charge in [-0.3, -0.25) is 0 Å². The highest BCUT2D eigenvalue weighted by molar-refractivity contribution is 5.27. The van der Waals surface area contributed by atoms with E-state index in [1.54, 1.807) is 0 Å². The molecule has 1 atom stereocenters. The minimum Gasteiger partial charge on any atom is -0.381 e. The minimum atomic E-state index is 0.125. The van der Waals surface area contributed by atoms with Gasteiger partial charge in [0.25, 0.3) is 0 Å². The molecule has 1 aliphatic rings. The van der Waals surface area contributed by atoms with E-state index in [9.17, 15) is 0 Å². The highest BCUT2D eigenvalue weighted by Gasteiger charge is 2.36. The van der Waals surface area contributed by atoms with Crippen LogP contribution in [0.25, 0.3) is 0 Å². The molecule has 1 saturated heterocycles. The van der Waals surface area contributed by atoms with Crippen LogP contribution in [0, 0.1) is 5.92 Å². The maximum Gasteiger partial charge on any atom is 0.0468 e. The van der Waals surface area contributed by atoms with Crippen LogP contribution in [0.2, 0.25) is 0 Å².